The number of nitrogens with one attached hydrogen (secondary N) is 1. The van der Waals surface area contributed by atoms with Crippen LogP contribution in [0.1, 0.15) is 31.0 Å². The first kappa shape index (κ1) is 21.7. The number of ether oxygens (including phenoxy) is 1. The maximum atomic E-state index is 12.4. The lowest BCUT2D eigenvalue weighted by Gasteiger charge is -2.14. The van der Waals surface area contributed by atoms with Crippen LogP contribution in [0.4, 0.5) is 5.69 Å². The van der Waals surface area contributed by atoms with Crippen LogP contribution in [-0.2, 0) is 27.3 Å². The van der Waals surface area contributed by atoms with Gasteiger partial charge in [-0.2, -0.15) is 0 Å². The molecule has 0 radical (unpaired) electrons. The van der Waals surface area contributed by atoms with Gasteiger partial charge in [-0.3, -0.25) is 19.3 Å². The largest absolute Gasteiger partial charge is 0.494 e. The van der Waals surface area contributed by atoms with Crippen LogP contribution in [0, 0.1) is 0 Å². The van der Waals surface area contributed by atoms with Gasteiger partial charge < -0.3 is 10.1 Å². The van der Waals surface area contributed by atoms with Gasteiger partial charge in [-0.15, -0.1) is 11.3 Å². The minimum absolute atomic E-state index is 0.139. The quantitative estimate of drug-likeness (QED) is 0.525. The highest BCUT2D eigenvalue weighted by Gasteiger charge is 2.28. The highest BCUT2D eigenvalue weighted by Crippen LogP contribution is 2.26. The zero-order chi connectivity index (χ0) is 22.5. The van der Waals surface area contributed by atoms with E-state index in [0.717, 1.165) is 21.9 Å². The van der Waals surface area contributed by atoms with Crippen LogP contribution in [0.2, 0.25) is 0 Å². The smallest absolute Gasteiger partial charge is 0.230 e. The number of aromatic nitrogens is 1. The van der Waals surface area contributed by atoms with E-state index in [1.165, 1.54) is 16.2 Å². The summed E-state index contributed by atoms with van der Waals surface area (Å²) in [4.78, 5) is 41.8. The van der Waals surface area contributed by atoms with Crippen LogP contribution in [-0.4, -0.2) is 34.2 Å². The van der Waals surface area contributed by atoms with Crippen molar-refractivity contribution in [1.29, 1.82) is 0 Å². The number of benzene rings is 2. The van der Waals surface area contributed by atoms with E-state index >= 15 is 0 Å². The van der Waals surface area contributed by atoms with Gasteiger partial charge in [0.25, 0.3) is 0 Å². The first-order valence-electron chi connectivity index (χ1n) is 10.4. The first-order valence-corrected chi connectivity index (χ1v) is 11.3. The van der Waals surface area contributed by atoms with Crippen molar-refractivity contribution < 1.29 is 19.1 Å². The number of carbonyl (C=O) groups excluding carboxylic acids is 3. The van der Waals surface area contributed by atoms with Crippen molar-refractivity contribution in [2.24, 2.45) is 0 Å². The van der Waals surface area contributed by atoms with Crippen LogP contribution in [0.25, 0.3) is 10.6 Å². The molecule has 0 atom stereocenters. The van der Waals surface area contributed by atoms with Crippen LogP contribution in [0.3, 0.4) is 0 Å². The second-order valence-electron chi connectivity index (χ2n) is 7.40. The Bertz CT molecular complexity index is 1110. The highest BCUT2D eigenvalue weighted by molar-refractivity contribution is 7.13. The van der Waals surface area contributed by atoms with E-state index in [9.17, 15) is 14.4 Å². The third-order valence-electron chi connectivity index (χ3n) is 5.04. The number of rotatable bonds is 8. The Morgan fingerprint density at radius 1 is 1.06 bits per heavy atom. The Balaban J connectivity index is 1.32. The fourth-order valence-electron chi connectivity index (χ4n) is 3.43. The summed E-state index contributed by atoms with van der Waals surface area (Å²) in [5.41, 5.74) is 3.18. The zero-order valence-electron chi connectivity index (χ0n) is 17.7. The summed E-state index contributed by atoms with van der Waals surface area (Å²) < 4.78 is 5.46. The predicted octanol–water partition coefficient (Wildman–Crippen LogP) is 4.04. The molecule has 0 spiro atoms. The maximum absolute atomic E-state index is 12.4. The summed E-state index contributed by atoms with van der Waals surface area (Å²) in [7, 11) is 0. The van der Waals surface area contributed by atoms with Crippen molar-refractivity contribution in [2.45, 2.75) is 32.7 Å². The third-order valence-corrected chi connectivity index (χ3v) is 5.98. The average molecular weight is 450 g/mol. The number of hydrogen-bond acceptors (Lipinski definition) is 6. The van der Waals surface area contributed by atoms with Crippen molar-refractivity contribution >= 4 is 34.7 Å². The molecule has 0 aliphatic carbocycles. The van der Waals surface area contributed by atoms with Crippen molar-refractivity contribution in [3.8, 4) is 16.3 Å². The average Bonchev–Trinajstić information content (AvgIpc) is 3.37. The monoisotopic (exact) mass is 449 g/mol. The van der Waals surface area contributed by atoms with E-state index in [2.05, 4.69) is 10.3 Å². The van der Waals surface area contributed by atoms with E-state index in [4.69, 9.17) is 4.74 Å². The molecular formula is C24H23N3O4S. The standard InChI is InChI=1S/C24H23N3O4S/c1-2-31-20-9-5-17(6-10-20)24-26-19(15-32-24)13-21(28)25-18-7-3-16(4-8-18)14-27-22(29)11-12-23(27)30/h3-10,15H,2,11-14H2,1H3,(H,25,28). The van der Waals surface area contributed by atoms with Gasteiger partial charge in [0.15, 0.2) is 0 Å². The van der Waals surface area contributed by atoms with E-state index < -0.39 is 0 Å². The van der Waals surface area contributed by atoms with Crippen LogP contribution >= 0.6 is 11.3 Å². The van der Waals surface area contributed by atoms with Gasteiger partial charge in [-0.25, -0.2) is 4.98 Å². The summed E-state index contributed by atoms with van der Waals surface area (Å²) in [6, 6.07) is 14.9. The fraction of sp³-hybridized carbons (Fsp3) is 0.250. The Hall–Kier alpha value is -3.52. The summed E-state index contributed by atoms with van der Waals surface area (Å²) in [6.45, 7) is 2.83. The number of likely N-dealkylation sites (tertiary alicyclic amines) is 1. The SMILES string of the molecule is CCOc1ccc(-c2nc(CC(=O)Nc3ccc(CN4C(=O)CCC4=O)cc3)cs2)cc1. The molecule has 32 heavy (non-hydrogen) atoms. The Morgan fingerprint density at radius 2 is 1.75 bits per heavy atom. The summed E-state index contributed by atoms with van der Waals surface area (Å²) in [5, 5.41) is 5.60. The fourth-order valence-corrected chi connectivity index (χ4v) is 4.25. The molecule has 0 saturated carbocycles. The van der Waals surface area contributed by atoms with Crippen molar-refractivity contribution in [3.63, 3.8) is 0 Å². The number of imide groups is 1. The highest BCUT2D eigenvalue weighted by atomic mass is 32.1. The molecule has 1 aliphatic rings. The Labute approximate surface area is 190 Å². The molecule has 1 aliphatic heterocycles. The molecule has 164 valence electrons. The lowest BCUT2D eigenvalue weighted by molar-refractivity contribution is -0.139. The van der Waals surface area contributed by atoms with Gasteiger partial charge in [0.2, 0.25) is 17.7 Å². The molecule has 3 aromatic rings. The molecule has 1 fully saturated rings. The normalized spacial score (nSPS) is 13.5. The lowest BCUT2D eigenvalue weighted by atomic mass is 10.2. The van der Waals surface area contributed by atoms with Crippen LogP contribution < -0.4 is 10.1 Å². The van der Waals surface area contributed by atoms with Crippen molar-refractivity contribution in [3.05, 3.63) is 65.2 Å². The molecule has 1 N–H and O–H groups in total. The van der Waals surface area contributed by atoms with E-state index in [-0.39, 0.29) is 43.5 Å². The number of amides is 3. The second kappa shape index (κ2) is 9.74. The summed E-state index contributed by atoms with van der Waals surface area (Å²) in [5.74, 6) is 0.378. The topological polar surface area (TPSA) is 88.6 Å². The second-order valence-corrected chi connectivity index (χ2v) is 8.25. The third kappa shape index (κ3) is 5.20. The van der Waals surface area contributed by atoms with E-state index in [0.29, 0.717) is 18.0 Å². The van der Waals surface area contributed by atoms with Crippen LogP contribution in [0.15, 0.2) is 53.9 Å². The van der Waals surface area contributed by atoms with Gasteiger partial charge in [0.1, 0.15) is 10.8 Å². The predicted molar refractivity (Wildman–Crippen MR) is 122 cm³/mol. The Morgan fingerprint density at radius 3 is 2.41 bits per heavy atom. The molecule has 8 heteroatoms. The molecule has 1 saturated heterocycles. The summed E-state index contributed by atoms with van der Waals surface area (Å²) >= 11 is 1.50. The minimum Gasteiger partial charge on any atom is -0.494 e. The van der Waals surface area contributed by atoms with Crippen molar-refractivity contribution in [2.75, 3.05) is 11.9 Å². The molecule has 3 amide bonds. The van der Waals surface area contributed by atoms with E-state index in [1.54, 1.807) is 24.3 Å². The molecule has 7 nitrogen and oxygen atoms in total. The first-order chi connectivity index (χ1) is 15.5. The molecule has 0 unspecified atom stereocenters. The molecule has 2 heterocycles. The van der Waals surface area contributed by atoms with Gasteiger partial charge in [-0.1, -0.05) is 12.1 Å². The number of nitrogens with zero attached hydrogens (tertiary/aromatic N) is 2. The van der Waals surface area contributed by atoms with Gasteiger partial charge in [0.05, 0.1) is 25.3 Å². The minimum atomic E-state index is -0.161. The molecule has 4 rings (SSSR count). The molecular weight excluding hydrogens is 426 g/mol. The molecule has 1 aromatic heterocycles. The zero-order valence-corrected chi connectivity index (χ0v) is 18.5. The summed E-state index contributed by atoms with van der Waals surface area (Å²) in [6.07, 6.45) is 0.736. The molecule has 0 bridgehead atoms. The number of thiazole rings is 1. The number of carbonyl (C=O) groups is 3. The van der Waals surface area contributed by atoms with Crippen molar-refractivity contribution in [1.82, 2.24) is 9.88 Å². The molecule has 2 aromatic carbocycles. The Kier molecular flexibility index (Phi) is 6.61. The number of anilines is 1. The van der Waals surface area contributed by atoms with Gasteiger partial charge in [-0.05, 0) is 48.9 Å². The number of hydrogen-bond donors (Lipinski definition) is 1. The van der Waals surface area contributed by atoms with Gasteiger partial charge >= 0.3 is 0 Å². The van der Waals surface area contributed by atoms with Crippen LogP contribution in [0.5, 0.6) is 5.75 Å². The van der Waals surface area contributed by atoms with E-state index in [1.807, 2.05) is 36.6 Å². The van der Waals surface area contributed by atoms with Gasteiger partial charge in [0, 0.05) is 29.5 Å². The lowest BCUT2D eigenvalue weighted by Crippen LogP contribution is -2.28. The maximum Gasteiger partial charge on any atom is 0.230 e.